The molecule has 1 unspecified atom stereocenters. The van der Waals surface area contributed by atoms with E-state index in [9.17, 15) is 4.79 Å². The summed E-state index contributed by atoms with van der Waals surface area (Å²) < 4.78 is 0. The molecular formula is C10H21NO. The van der Waals surface area contributed by atoms with Crippen molar-refractivity contribution in [2.45, 2.75) is 47.1 Å². The fourth-order valence-corrected chi connectivity index (χ4v) is 1.19. The second-order valence-corrected chi connectivity index (χ2v) is 4.13. The molecule has 0 saturated heterocycles. The summed E-state index contributed by atoms with van der Waals surface area (Å²) >= 11 is 0. The van der Waals surface area contributed by atoms with E-state index in [1.54, 1.807) is 0 Å². The second kappa shape index (κ2) is 4.61. The summed E-state index contributed by atoms with van der Waals surface area (Å²) in [6, 6.07) is 0.0370. The Labute approximate surface area is 75.7 Å². The number of carbonyl (C=O) groups is 1. The molecule has 0 radical (unpaired) electrons. The van der Waals surface area contributed by atoms with E-state index in [1.807, 2.05) is 34.6 Å². The summed E-state index contributed by atoms with van der Waals surface area (Å²) in [4.78, 5) is 11.7. The molecule has 0 heterocycles. The van der Waals surface area contributed by atoms with E-state index in [1.165, 1.54) is 0 Å². The van der Waals surface area contributed by atoms with Crippen molar-refractivity contribution >= 4 is 5.78 Å². The maximum atomic E-state index is 11.7. The Morgan fingerprint density at radius 1 is 1.33 bits per heavy atom. The zero-order valence-corrected chi connectivity index (χ0v) is 8.90. The normalized spacial score (nSPS) is 14.4. The fourth-order valence-electron chi connectivity index (χ4n) is 1.19. The summed E-state index contributed by atoms with van der Waals surface area (Å²) in [5.74, 6) is 0.312. The number of likely N-dealkylation sites (N-methyl/N-ethyl adjacent to an activating group) is 1. The van der Waals surface area contributed by atoms with Crippen LogP contribution in [0.5, 0.6) is 0 Å². The van der Waals surface area contributed by atoms with Gasteiger partial charge in [0.2, 0.25) is 0 Å². The van der Waals surface area contributed by atoms with Gasteiger partial charge in [0.05, 0.1) is 6.04 Å². The lowest BCUT2D eigenvalue weighted by atomic mass is 9.85. The van der Waals surface area contributed by atoms with Crippen LogP contribution in [0.4, 0.5) is 0 Å². The Morgan fingerprint density at radius 2 is 1.83 bits per heavy atom. The Bertz CT molecular complexity index is 146. The first-order chi connectivity index (χ1) is 5.43. The topological polar surface area (TPSA) is 29.1 Å². The molecule has 0 spiro atoms. The highest BCUT2D eigenvalue weighted by molar-refractivity contribution is 5.88. The highest BCUT2D eigenvalue weighted by atomic mass is 16.1. The molecule has 1 N–H and O–H groups in total. The molecule has 2 heteroatoms. The summed E-state index contributed by atoms with van der Waals surface area (Å²) in [7, 11) is 0. The van der Waals surface area contributed by atoms with Gasteiger partial charge < -0.3 is 5.32 Å². The zero-order valence-electron chi connectivity index (χ0n) is 8.90. The SMILES string of the molecule is CCNC(CC)C(=O)C(C)(C)C. The monoisotopic (exact) mass is 171 g/mol. The van der Waals surface area contributed by atoms with Gasteiger partial charge in [0.25, 0.3) is 0 Å². The molecule has 0 fully saturated rings. The minimum absolute atomic E-state index is 0.0370. The van der Waals surface area contributed by atoms with Crippen molar-refractivity contribution in [2.24, 2.45) is 5.41 Å². The third kappa shape index (κ3) is 3.35. The minimum atomic E-state index is -0.219. The van der Waals surface area contributed by atoms with Crippen molar-refractivity contribution in [3.63, 3.8) is 0 Å². The Morgan fingerprint density at radius 3 is 2.08 bits per heavy atom. The van der Waals surface area contributed by atoms with Crippen LogP contribution in [0, 0.1) is 5.41 Å². The van der Waals surface area contributed by atoms with Gasteiger partial charge in [0.15, 0.2) is 5.78 Å². The Balaban J connectivity index is 4.22. The number of hydrogen-bond acceptors (Lipinski definition) is 2. The number of Topliss-reactive ketones (excluding diaryl/α,β-unsaturated/α-hetero) is 1. The molecule has 0 rings (SSSR count). The molecule has 0 aromatic heterocycles. The zero-order chi connectivity index (χ0) is 9.78. The van der Waals surface area contributed by atoms with Gasteiger partial charge in [-0.25, -0.2) is 0 Å². The molecule has 0 aliphatic rings. The largest absolute Gasteiger partial charge is 0.308 e. The molecule has 1 atom stereocenters. The van der Waals surface area contributed by atoms with Crippen molar-refractivity contribution in [1.29, 1.82) is 0 Å². The lowest BCUT2D eigenvalue weighted by Gasteiger charge is -2.24. The molecule has 12 heavy (non-hydrogen) atoms. The first kappa shape index (κ1) is 11.6. The standard InChI is InChI=1S/C10H21NO/c1-6-8(11-7-2)9(12)10(3,4)5/h8,11H,6-7H2,1-5H3. The van der Waals surface area contributed by atoms with Crippen molar-refractivity contribution < 1.29 is 4.79 Å². The van der Waals surface area contributed by atoms with Crippen molar-refractivity contribution in [3.05, 3.63) is 0 Å². The average molecular weight is 171 g/mol. The molecule has 0 aliphatic heterocycles. The molecule has 0 saturated carbocycles. The lowest BCUT2D eigenvalue weighted by Crippen LogP contribution is -2.42. The van der Waals surface area contributed by atoms with E-state index in [0.717, 1.165) is 13.0 Å². The molecule has 0 bridgehead atoms. The van der Waals surface area contributed by atoms with Crippen LogP contribution in [0.3, 0.4) is 0 Å². The summed E-state index contributed by atoms with van der Waals surface area (Å²) in [6.45, 7) is 10.8. The first-order valence-corrected chi connectivity index (χ1v) is 4.71. The molecule has 0 aromatic carbocycles. The van der Waals surface area contributed by atoms with Crippen LogP contribution < -0.4 is 5.32 Å². The maximum Gasteiger partial charge on any atom is 0.155 e. The van der Waals surface area contributed by atoms with E-state index in [0.29, 0.717) is 5.78 Å². The van der Waals surface area contributed by atoms with Gasteiger partial charge in [-0.2, -0.15) is 0 Å². The van der Waals surface area contributed by atoms with Gasteiger partial charge in [-0.15, -0.1) is 0 Å². The van der Waals surface area contributed by atoms with Crippen LogP contribution in [0.1, 0.15) is 41.0 Å². The van der Waals surface area contributed by atoms with Gasteiger partial charge >= 0.3 is 0 Å². The highest BCUT2D eigenvalue weighted by Crippen LogP contribution is 2.17. The molecule has 0 aliphatic carbocycles. The first-order valence-electron chi connectivity index (χ1n) is 4.71. The molecular weight excluding hydrogens is 150 g/mol. The van der Waals surface area contributed by atoms with Gasteiger partial charge in [-0.1, -0.05) is 34.6 Å². The number of hydrogen-bond donors (Lipinski definition) is 1. The average Bonchev–Trinajstić information content (AvgIpc) is 1.97. The van der Waals surface area contributed by atoms with Crippen LogP contribution >= 0.6 is 0 Å². The second-order valence-electron chi connectivity index (χ2n) is 4.13. The van der Waals surface area contributed by atoms with Gasteiger partial charge in [-0.3, -0.25) is 4.79 Å². The van der Waals surface area contributed by atoms with E-state index >= 15 is 0 Å². The van der Waals surface area contributed by atoms with Crippen molar-refractivity contribution in [3.8, 4) is 0 Å². The van der Waals surface area contributed by atoms with Crippen LogP contribution in [-0.2, 0) is 4.79 Å². The summed E-state index contributed by atoms with van der Waals surface area (Å²) in [5.41, 5.74) is -0.219. The Kier molecular flexibility index (Phi) is 4.46. The van der Waals surface area contributed by atoms with Gasteiger partial charge in [0, 0.05) is 5.41 Å². The highest BCUT2D eigenvalue weighted by Gasteiger charge is 2.27. The van der Waals surface area contributed by atoms with E-state index < -0.39 is 0 Å². The predicted molar refractivity (Wildman–Crippen MR) is 52.2 cm³/mol. The smallest absolute Gasteiger partial charge is 0.155 e. The quantitative estimate of drug-likeness (QED) is 0.701. The van der Waals surface area contributed by atoms with E-state index in [-0.39, 0.29) is 11.5 Å². The summed E-state index contributed by atoms with van der Waals surface area (Å²) in [6.07, 6.45) is 0.879. The molecule has 0 aromatic rings. The van der Waals surface area contributed by atoms with Gasteiger partial charge in [0.1, 0.15) is 0 Å². The molecule has 0 amide bonds. The number of nitrogens with one attached hydrogen (secondary N) is 1. The van der Waals surface area contributed by atoms with E-state index in [2.05, 4.69) is 5.32 Å². The molecule has 72 valence electrons. The maximum absolute atomic E-state index is 11.7. The number of carbonyl (C=O) groups excluding carboxylic acids is 1. The fraction of sp³-hybridized carbons (Fsp3) is 0.900. The number of rotatable bonds is 4. The van der Waals surface area contributed by atoms with Crippen molar-refractivity contribution in [2.75, 3.05) is 6.54 Å². The van der Waals surface area contributed by atoms with Crippen molar-refractivity contribution in [1.82, 2.24) is 5.32 Å². The van der Waals surface area contributed by atoms with Gasteiger partial charge in [-0.05, 0) is 13.0 Å². The lowest BCUT2D eigenvalue weighted by molar-refractivity contribution is -0.128. The van der Waals surface area contributed by atoms with Crippen LogP contribution in [0.15, 0.2) is 0 Å². The summed E-state index contributed by atoms with van der Waals surface area (Å²) in [5, 5.41) is 3.19. The Hall–Kier alpha value is -0.370. The van der Waals surface area contributed by atoms with Crippen LogP contribution in [0.2, 0.25) is 0 Å². The van der Waals surface area contributed by atoms with E-state index in [4.69, 9.17) is 0 Å². The number of ketones is 1. The third-order valence-electron chi connectivity index (χ3n) is 1.91. The minimum Gasteiger partial charge on any atom is -0.308 e. The predicted octanol–water partition coefficient (Wildman–Crippen LogP) is 1.99. The van der Waals surface area contributed by atoms with Crippen LogP contribution in [0.25, 0.3) is 0 Å². The third-order valence-corrected chi connectivity index (χ3v) is 1.91. The molecule has 2 nitrogen and oxygen atoms in total. The van der Waals surface area contributed by atoms with Crippen LogP contribution in [-0.4, -0.2) is 18.4 Å².